The fourth-order valence-electron chi connectivity index (χ4n) is 8.27. The lowest BCUT2D eigenvalue weighted by molar-refractivity contribution is -0.0973. The first-order chi connectivity index (χ1) is 15.6. The van der Waals surface area contributed by atoms with Crippen molar-refractivity contribution in [2.24, 2.45) is 34.5 Å². The van der Waals surface area contributed by atoms with Gasteiger partial charge in [0.2, 0.25) is 0 Å². The van der Waals surface area contributed by atoms with E-state index < -0.39 is 5.60 Å². The highest BCUT2D eigenvalue weighted by molar-refractivity contribution is 5.26. The van der Waals surface area contributed by atoms with Crippen LogP contribution in [0.15, 0.2) is 11.6 Å². The highest BCUT2D eigenvalue weighted by Gasteiger charge is 2.59. The van der Waals surface area contributed by atoms with Crippen molar-refractivity contribution in [1.29, 1.82) is 0 Å². The molecule has 3 nitrogen and oxygen atoms in total. The van der Waals surface area contributed by atoms with Crippen LogP contribution in [0.5, 0.6) is 0 Å². The van der Waals surface area contributed by atoms with Gasteiger partial charge in [0.25, 0.3) is 0 Å². The van der Waals surface area contributed by atoms with Crippen LogP contribution >= 0.6 is 0 Å². The van der Waals surface area contributed by atoms with E-state index in [-0.39, 0.29) is 17.6 Å². The molecule has 4 rings (SSSR count). The molecule has 0 amide bonds. The number of ether oxygens (including phenoxy) is 1. The third kappa shape index (κ3) is 5.72. The zero-order chi connectivity index (χ0) is 25.0. The van der Waals surface area contributed by atoms with Gasteiger partial charge in [0, 0.05) is 7.11 Å². The maximum absolute atomic E-state index is 10.5. The summed E-state index contributed by atoms with van der Waals surface area (Å²) in [5.74, 6) is 3.22. The van der Waals surface area contributed by atoms with E-state index in [1.165, 1.54) is 44.1 Å². The molecule has 0 saturated heterocycles. The first-order valence-electron chi connectivity index (χ1n) is 14.2. The molecule has 8 atom stereocenters. The molecular formula is C30H56O3. The Labute approximate surface area is 205 Å². The second kappa shape index (κ2) is 11.6. The molecule has 8 unspecified atom stereocenters. The van der Waals surface area contributed by atoms with Crippen molar-refractivity contribution in [3.05, 3.63) is 11.6 Å². The zero-order valence-electron chi connectivity index (χ0n) is 23.4. The van der Waals surface area contributed by atoms with Crippen molar-refractivity contribution >= 4 is 0 Å². The van der Waals surface area contributed by atoms with Gasteiger partial charge in [-0.2, -0.15) is 0 Å². The second-order valence-corrected chi connectivity index (χ2v) is 12.0. The van der Waals surface area contributed by atoms with Gasteiger partial charge < -0.3 is 14.9 Å². The monoisotopic (exact) mass is 464 g/mol. The van der Waals surface area contributed by atoms with Gasteiger partial charge in [0.1, 0.15) is 0 Å². The fourth-order valence-corrected chi connectivity index (χ4v) is 8.27. The molecule has 0 bridgehead atoms. The first kappa shape index (κ1) is 28.9. The number of fused-ring (bicyclic) bond motifs is 5. The van der Waals surface area contributed by atoms with Gasteiger partial charge in [-0.15, -0.1) is 0 Å². The molecule has 194 valence electrons. The molecule has 33 heavy (non-hydrogen) atoms. The van der Waals surface area contributed by atoms with E-state index in [0.29, 0.717) is 5.41 Å². The number of aliphatic hydroxyl groups is 2. The van der Waals surface area contributed by atoms with Gasteiger partial charge in [-0.25, -0.2) is 0 Å². The highest BCUT2D eigenvalue weighted by atomic mass is 16.5. The number of allylic oxidation sites excluding steroid dienone is 1. The summed E-state index contributed by atoms with van der Waals surface area (Å²) in [6.45, 7) is 17.0. The molecule has 0 spiro atoms. The maximum Gasteiger partial charge on any atom is 0.0841 e. The van der Waals surface area contributed by atoms with Crippen LogP contribution in [0.2, 0.25) is 0 Å². The summed E-state index contributed by atoms with van der Waals surface area (Å²) < 4.78 is 5.69. The van der Waals surface area contributed by atoms with Crippen LogP contribution in [0.25, 0.3) is 0 Å². The second-order valence-electron chi connectivity index (χ2n) is 12.0. The zero-order valence-corrected chi connectivity index (χ0v) is 23.4. The SMILES string of the molecule is CC.CC.COC1CC2(C)C(=CCC3C2CCC2(C)C(CCCC(C)(C)O)CCC32)CC1O. The van der Waals surface area contributed by atoms with Crippen LogP contribution in [0, 0.1) is 34.5 Å². The summed E-state index contributed by atoms with van der Waals surface area (Å²) in [6.07, 6.45) is 14.0. The Kier molecular flexibility index (Phi) is 10.1. The summed E-state index contributed by atoms with van der Waals surface area (Å²) >= 11 is 0. The molecular weight excluding hydrogens is 408 g/mol. The largest absolute Gasteiger partial charge is 0.390 e. The number of hydrogen-bond donors (Lipinski definition) is 2. The molecule has 0 aromatic heterocycles. The van der Waals surface area contributed by atoms with Crippen molar-refractivity contribution in [2.75, 3.05) is 7.11 Å². The average Bonchev–Trinajstić information content (AvgIpc) is 3.12. The van der Waals surface area contributed by atoms with Gasteiger partial charge in [-0.1, -0.05) is 59.6 Å². The van der Waals surface area contributed by atoms with Crippen molar-refractivity contribution in [2.45, 2.75) is 137 Å². The van der Waals surface area contributed by atoms with E-state index in [2.05, 4.69) is 19.9 Å². The summed E-state index contributed by atoms with van der Waals surface area (Å²) in [4.78, 5) is 0. The average molecular weight is 465 g/mol. The van der Waals surface area contributed by atoms with Crippen molar-refractivity contribution in [3.63, 3.8) is 0 Å². The topological polar surface area (TPSA) is 49.7 Å². The van der Waals surface area contributed by atoms with Gasteiger partial charge in [-0.3, -0.25) is 0 Å². The van der Waals surface area contributed by atoms with Gasteiger partial charge >= 0.3 is 0 Å². The lowest BCUT2D eigenvalue weighted by Crippen LogP contribution is -2.53. The third-order valence-electron chi connectivity index (χ3n) is 9.95. The molecule has 0 aromatic rings. The number of hydrogen-bond acceptors (Lipinski definition) is 3. The third-order valence-corrected chi connectivity index (χ3v) is 9.95. The standard InChI is InChI=1S/C26H44O3.2C2H6/c1-24(2,28)13-6-7-17-9-11-20-19-10-8-18-15-22(27)23(29-5)16-26(18,4)21(19)12-14-25(17,20)3;2*1-2/h8,17,19-23,27-28H,6-7,9-16H2,1-5H3;2*1-2H3. The number of methoxy groups -OCH3 is 1. The minimum atomic E-state index is -0.529. The lowest BCUT2D eigenvalue weighted by Gasteiger charge is -2.58. The van der Waals surface area contributed by atoms with Crippen LogP contribution in [-0.4, -0.2) is 35.1 Å². The molecule has 0 heterocycles. The number of rotatable bonds is 5. The number of aliphatic hydroxyl groups excluding tert-OH is 1. The summed E-state index contributed by atoms with van der Waals surface area (Å²) in [5, 5.41) is 20.6. The minimum absolute atomic E-state index is 0.0117. The normalized spacial score (nSPS) is 41.8. The molecule has 3 saturated carbocycles. The Hall–Kier alpha value is -0.380. The smallest absolute Gasteiger partial charge is 0.0841 e. The molecule has 4 aliphatic carbocycles. The quantitative estimate of drug-likeness (QED) is 0.413. The summed E-state index contributed by atoms with van der Waals surface area (Å²) in [7, 11) is 1.76. The minimum Gasteiger partial charge on any atom is -0.390 e. The van der Waals surface area contributed by atoms with E-state index in [1.807, 2.05) is 41.5 Å². The Morgan fingerprint density at radius 3 is 2.33 bits per heavy atom. The van der Waals surface area contributed by atoms with E-state index in [0.717, 1.165) is 49.4 Å². The van der Waals surface area contributed by atoms with Gasteiger partial charge in [0.05, 0.1) is 17.8 Å². The fraction of sp³-hybridized carbons (Fsp3) is 0.933. The van der Waals surface area contributed by atoms with Crippen LogP contribution < -0.4 is 0 Å². The Balaban J connectivity index is 0.000000914. The van der Waals surface area contributed by atoms with Gasteiger partial charge in [-0.05, 0) is 106 Å². The lowest BCUT2D eigenvalue weighted by atomic mass is 9.47. The highest BCUT2D eigenvalue weighted by Crippen LogP contribution is 2.66. The van der Waals surface area contributed by atoms with Crippen molar-refractivity contribution in [3.8, 4) is 0 Å². The van der Waals surface area contributed by atoms with Crippen LogP contribution in [-0.2, 0) is 4.74 Å². The van der Waals surface area contributed by atoms with Gasteiger partial charge in [0.15, 0.2) is 0 Å². The predicted octanol–water partition coefficient (Wildman–Crippen LogP) is 7.54. The molecule has 2 N–H and O–H groups in total. The maximum atomic E-state index is 10.5. The first-order valence-corrected chi connectivity index (χ1v) is 14.2. The molecule has 0 aliphatic heterocycles. The predicted molar refractivity (Wildman–Crippen MR) is 140 cm³/mol. The molecule has 3 fully saturated rings. The van der Waals surface area contributed by atoms with E-state index >= 15 is 0 Å². The Morgan fingerprint density at radius 1 is 1.06 bits per heavy atom. The Morgan fingerprint density at radius 2 is 1.73 bits per heavy atom. The van der Waals surface area contributed by atoms with Crippen molar-refractivity contribution in [1.82, 2.24) is 0 Å². The van der Waals surface area contributed by atoms with Crippen LogP contribution in [0.4, 0.5) is 0 Å². The molecule has 0 aromatic carbocycles. The van der Waals surface area contributed by atoms with E-state index in [1.54, 1.807) is 7.11 Å². The van der Waals surface area contributed by atoms with Crippen LogP contribution in [0.3, 0.4) is 0 Å². The van der Waals surface area contributed by atoms with E-state index in [9.17, 15) is 10.2 Å². The van der Waals surface area contributed by atoms with E-state index in [4.69, 9.17) is 4.74 Å². The molecule has 0 radical (unpaired) electrons. The molecule has 4 aliphatic rings. The van der Waals surface area contributed by atoms with Crippen LogP contribution in [0.1, 0.15) is 120 Å². The van der Waals surface area contributed by atoms with Crippen molar-refractivity contribution < 1.29 is 14.9 Å². The Bertz CT molecular complexity index is 635. The molecule has 3 heteroatoms. The summed E-state index contributed by atoms with van der Waals surface area (Å²) in [6, 6.07) is 0. The summed E-state index contributed by atoms with van der Waals surface area (Å²) in [5.41, 5.74) is 1.68.